The minimum atomic E-state index is 0.454. The number of rotatable bonds is 4. The van der Waals surface area contributed by atoms with Crippen molar-refractivity contribution in [3.63, 3.8) is 0 Å². The SMILES string of the molecule is Cc1cc(/C=C(/C#N)c2ccc(Cl)cc2Cl)c(-c2ccccc2)n1-c1ccccc1. The summed E-state index contributed by atoms with van der Waals surface area (Å²) in [5, 5.41) is 10.9. The molecular formula is C26H18Cl2N2. The summed E-state index contributed by atoms with van der Waals surface area (Å²) in [6.45, 7) is 2.07. The Hall–Kier alpha value is -3.25. The molecule has 3 aromatic carbocycles. The number of benzene rings is 3. The zero-order chi connectivity index (χ0) is 21.1. The van der Waals surface area contributed by atoms with Crippen molar-refractivity contribution in [2.45, 2.75) is 6.92 Å². The molecule has 0 saturated carbocycles. The topological polar surface area (TPSA) is 28.7 Å². The molecule has 4 heteroatoms. The number of hydrogen-bond acceptors (Lipinski definition) is 1. The van der Waals surface area contributed by atoms with Crippen molar-refractivity contribution in [1.29, 1.82) is 5.26 Å². The molecular weight excluding hydrogens is 411 g/mol. The minimum Gasteiger partial charge on any atom is -0.313 e. The van der Waals surface area contributed by atoms with Crippen molar-refractivity contribution in [3.05, 3.63) is 112 Å². The molecule has 1 aromatic heterocycles. The lowest BCUT2D eigenvalue weighted by Gasteiger charge is -2.13. The fourth-order valence-corrected chi connectivity index (χ4v) is 4.12. The van der Waals surface area contributed by atoms with Gasteiger partial charge in [-0.3, -0.25) is 0 Å². The van der Waals surface area contributed by atoms with Crippen molar-refractivity contribution in [1.82, 2.24) is 4.57 Å². The quantitative estimate of drug-likeness (QED) is 0.304. The van der Waals surface area contributed by atoms with Gasteiger partial charge < -0.3 is 4.57 Å². The van der Waals surface area contributed by atoms with Crippen LogP contribution in [0.5, 0.6) is 0 Å². The highest BCUT2D eigenvalue weighted by Gasteiger charge is 2.16. The van der Waals surface area contributed by atoms with Gasteiger partial charge in [0, 0.05) is 27.5 Å². The van der Waals surface area contributed by atoms with Gasteiger partial charge in [0.1, 0.15) is 0 Å². The fourth-order valence-electron chi connectivity index (χ4n) is 3.61. The van der Waals surface area contributed by atoms with E-state index in [9.17, 15) is 5.26 Å². The van der Waals surface area contributed by atoms with E-state index in [4.69, 9.17) is 23.2 Å². The number of para-hydroxylation sites is 1. The molecule has 0 unspecified atom stereocenters. The van der Waals surface area contributed by atoms with Crippen LogP contribution in [-0.4, -0.2) is 4.57 Å². The van der Waals surface area contributed by atoms with Gasteiger partial charge in [-0.25, -0.2) is 0 Å². The third-order valence-electron chi connectivity index (χ3n) is 4.92. The molecule has 0 N–H and O–H groups in total. The monoisotopic (exact) mass is 428 g/mol. The first-order valence-electron chi connectivity index (χ1n) is 9.49. The molecule has 1 heterocycles. The van der Waals surface area contributed by atoms with Gasteiger partial charge in [-0.05, 0) is 48.9 Å². The molecule has 0 bridgehead atoms. The number of hydrogen-bond donors (Lipinski definition) is 0. The van der Waals surface area contributed by atoms with Crippen molar-refractivity contribution < 1.29 is 0 Å². The highest BCUT2D eigenvalue weighted by Crippen LogP contribution is 2.35. The largest absolute Gasteiger partial charge is 0.313 e. The Labute approximate surface area is 186 Å². The lowest BCUT2D eigenvalue weighted by atomic mass is 10.0. The predicted molar refractivity (Wildman–Crippen MR) is 126 cm³/mol. The molecule has 0 saturated heterocycles. The average Bonchev–Trinajstić information content (AvgIpc) is 3.09. The standard InChI is InChI=1S/C26H18Cl2N2/c1-18-14-20(15-21(17-29)24-13-12-22(27)16-25(24)28)26(19-8-4-2-5-9-19)30(18)23-10-6-3-7-11-23/h2-16H,1H3/b21-15-. The Morgan fingerprint density at radius 1 is 0.900 bits per heavy atom. The number of halogens is 2. The Balaban J connectivity index is 1.96. The van der Waals surface area contributed by atoms with E-state index >= 15 is 0 Å². The van der Waals surface area contributed by atoms with Gasteiger partial charge in [-0.2, -0.15) is 5.26 Å². The first-order chi connectivity index (χ1) is 14.6. The Kier molecular flexibility index (Phi) is 5.77. The van der Waals surface area contributed by atoms with Crippen LogP contribution < -0.4 is 0 Å². The van der Waals surface area contributed by atoms with Gasteiger partial charge in [0.15, 0.2) is 0 Å². The molecule has 0 atom stereocenters. The molecule has 0 radical (unpaired) electrons. The maximum Gasteiger partial charge on any atom is 0.0998 e. The van der Waals surface area contributed by atoms with Crippen molar-refractivity contribution in [2.75, 3.05) is 0 Å². The molecule has 30 heavy (non-hydrogen) atoms. The number of aryl methyl sites for hydroxylation is 1. The van der Waals surface area contributed by atoms with Gasteiger partial charge in [-0.1, -0.05) is 77.8 Å². The summed E-state index contributed by atoms with van der Waals surface area (Å²) in [5.74, 6) is 0. The Morgan fingerprint density at radius 3 is 2.20 bits per heavy atom. The molecule has 0 fully saturated rings. The predicted octanol–water partition coefficient (Wildman–Crippen LogP) is 7.82. The molecule has 0 amide bonds. The molecule has 146 valence electrons. The van der Waals surface area contributed by atoms with E-state index < -0.39 is 0 Å². The number of aromatic nitrogens is 1. The third kappa shape index (κ3) is 3.91. The van der Waals surface area contributed by atoms with Gasteiger partial charge >= 0.3 is 0 Å². The zero-order valence-corrected chi connectivity index (χ0v) is 17.8. The van der Waals surface area contributed by atoms with E-state index in [0.29, 0.717) is 21.2 Å². The van der Waals surface area contributed by atoms with Crippen molar-refractivity contribution >= 4 is 34.9 Å². The minimum absolute atomic E-state index is 0.454. The van der Waals surface area contributed by atoms with E-state index in [1.807, 2.05) is 42.5 Å². The van der Waals surface area contributed by atoms with Crippen LogP contribution in [0, 0.1) is 18.3 Å². The lowest BCUT2D eigenvalue weighted by molar-refractivity contribution is 1.02. The van der Waals surface area contributed by atoms with Crippen LogP contribution in [0.2, 0.25) is 10.0 Å². The highest BCUT2D eigenvalue weighted by molar-refractivity contribution is 6.36. The summed E-state index contributed by atoms with van der Waals surface area (Å²) in [7, 11) is 0. The van der Waals surface area contributed by atoms with Crippen LogP contribution in [0.3, 0.4) is 0 Å². The van der Waals surface area contributed by atoms with Crippen LogP contribution in [0.15, 0.2) is 84.9 Å². The van der Waals surface area contributed by atoms with Crippen molar-refractivity contribution in [3.8, 4) is 23.0 Å². The molecule has 2 nitrogen and oxygen atoms in total. The summed E-state index contributed by atoms with van der Waals surface area (Å²) in [6.07, 6.45) is 1.89. The molecule has 4 aromatic rings. The van der Waals surface area contributed by atoms with Crippen molar-refractivity contribution in [2.24, 2.45) is 0 Å². The van der Waals surface area contributed by atoms with Crippen LogP contribution in [0.1, 0.15) is 16.8 Å². The second-order valence-corrected chi connectivity index (χ2v) is 7.76. The molecule has 0 aliphatic rings. The van der Waals surface area contributed by atoms with Crippen LogP contribution in [-0.2, 0) is 0 Å². The highest BCUT2D eigenvalue weighted by atomic mass is 35.5. The normalized spacial score (nSPS) is 11.3. The van der Waals surface area contributed by atoms with Gasteiger partial charge in [0.05, 0.1) is 22.4 Å². The first-order valence-corrected chi connectivity index (χ1v) is 10.2. The second-order valence-electron chi connectivity index (χ2n) is 6.92. The smallest absolute Gasteiger partial charge is 0.0998 e. The van der Waals surface area contributed by atoms with Crippen LogP contribution >= 0.6 is 23.2 Å². The van der Waals surface area contributed by atoms with Gasteiger partial charge in [0.2, 0.25) is 0 Å². The summed E-state index contributed by atoms with van der Waals surface area (Å²) < 4.78 is 2.21. The van der Waals surface area contributed by atoms with E-state index in [1.165, 1.54) is 0 Å². The maximum absolute atomic E-state index is 9.87. The van der Waals surface area contributed by atoms with Crippen LogP contribution in [0.25, 0.3) is 28.6 Å². The van der Waals surface area contributed by atoms with Gasteiger partial charge in [0.25, 0.3) is 0 Å². The number of nitriles is 1. The van der Waals surface area contributed by atoms with E-state index in [-0.39, 0.29) is 0 Å². The third-order valence-corrected chi connectivity index (χ3v) is 5.47. The summed E-state index contributed by atoms with van der Waals surface area (Å²) in [4.78, 5) is 0. The Morgan fingerprint density at radius 2 is 1.57 bits per heavy atom. The first kappa shape index (κ1) is 20.0. The van der Waals surface area contributed by atoms with E-state index in [1.54, 1.807) is 18.2 Å². The van der Waals surface area contributed by atoms with Gasteiger partial charge in [-0.15, -0.1) is 0 Å². The lowest BCUT2D eigenvalue weighted by Crippen LogP contribution is -1.99. The molecule has 0 spiro atoms. The van der Waals surface area contributed by atoms with E-state index in [0.717, 1.165) is 28.2 Å². The van der Waals surface area contributed by atoms with Crippen LogP contribution in [0.4, 0.5) is 0 Å². The zero-order valence-electron chi connectivity index (χ0n) is 16.3. The Bertz CT molecular complexity index is 1260. The molecule has 4 rings (SSSR count). The number of nitrogens with zero attached hydrogens (tertiary/aromatic N) is 2. The fraction of sp³-hybridized carbons (Fsp3) is 0.0385. The molecule has 0 aliphatic carbocycles. The summed E-state index contributed by atoms with van der Waals surface area (Å²) in [6, 6.07) is 29.9. The maximum atomic E-state index is 9.87. The summed E-state index contributed by atoms with van der Waals surface area (Å²) in [5.41, 5.74) is 6.33. The number of allylic oxidation sites excluding steroid dienone is 1. The van der Waals surface area contributed by atoms with E-state index in [2.05, 4.69) is 47.9 Å². The summed E-state index contributed by atoms with van der Waals surface area (Å²) >= 11 is 12.4. The average molecular weight is 429 g/mol. The second kappa shape index (κ2) is 8.63. The molecule has 0 aliphatic heterocycles.